The highest BCUT2D eigenvalue weighted by molar-refractivity contribution is 7.12. The van der Waals surface area contributed by atoms with Gasteiger partial charge in [-0.1, -0.05) is 48.5 Å². The Morgan fingerprint density at radius 1 is 1.00 bits per heavy atom. The molecule has 1 aromatic heterocycles. The van der Waals surface area contributed by atoms with Gasteiger partial charge in [0, 0.05) is 18.8 Å². The maximum atomic E-state index is 13.6. The number of carbonyl (C=O) groups excluding carboxylic acids is 3. The number of cyclic esters (lactones) is 1. The molecule has 1 N–H and O–H groups in total. The van der Waals surface area contributed by atoms with Gasteiger partial charge in [-0.25, -0.2) is 4.79 Å². The Morgan fingerprint density at radius 3 is 2.53 bits per heavy atom. The fourth-order valence-electron chi connectivity index (χ4n) is 4.49. The van der Waals surface area contributed by atoms with E-state index in [0.717, 1.165) is 18.4 Å². The van der Waals surface area contributed by atoms with E-state index in [1.165, 1.54) is 16.2 Å². The number of likely N-dealkylation sites (tertiary alicyclic amines) is 1. The predicted molar refractivity (Wildman–Crippen MR) is 130 cm³/mol. The molecular weight excluding hydrogens is 450 g/mol. The van der Waals surface area contributed by atoms with Crippen LogP contribution >= 0.6 is 11.3 Å². The zero-order valence-electron chi connectivity index (χ0n) is 18.6. The quantitative estimate of drug-likeness (QED) is 0.561. The van der Waals surface area contributed by atoms with Gasteiger partial charge in [-0.05, 0) is 47.5 Å². The van der Waals surface area contributed by atoms with Crippen molar-refractivity contribution in [2.24, 2.45) is 0 Å². The lowest BCUT2D eigenvalue weighted by molar-refractivity contribution is -0.135. The summed E-state index contributed by atoms with van der Waals surface area (Å²) in [6, 6.07) is 19.6. The fourth-order valence-corrected chi connectivity index (χ4v) is 5.11. The van der Waals surface area contributed by atoms with Gasteiger partial charge in [0.15, 0.2) is 12.1 Å². The molecule has 0 aliphatic carbocycles. The van der Waals surface area contributed by atoms with Crippen LogP contribution in [0.4, 0.5) is 10.5 Å². The molecule has 2 aromatic carbocycles. The van der Waals surface area contributed by atoms with E-state index in [1.54, 1.807) is 24.3 Å². The number of carbonyl (C=O) groups is 3. The normalized spacial score (nSPS) is 19.8. The van der Waals surface area contributed by atoms with Crippen molar-refractivity contribution in [1.29, 1.82) is 0 Å². The number of nitrogens with zero attached hydrogens (tertiary/aromatic N) is 2. The van der Waals surface area contributed by atoms with Crippen LogP contribution in [0.2, 0.25) is 0 Å². The minimum atomic E-state index is -0.769. The Morgan fingerprint density at radius 2 is 1.79 bits per heavy atom. The Balaban J connectivity index is 1.43. The third-order valence-corrected chi connectivity index (χ3v) is 7.04. The molecule has 2 aliphatic rings. The number of benzene rings is 2. The molecule has 2 saturated heterocycles. The van der Waals surface area contributed by atoms with Gasteiger partial charge in [0.25, 0.3) is 5.91 Å². The van der Waals surface area contributed by atoms with Crippen molar-refractivity contribution in [3.63, 3.8) is 0 Å². The molecule has 34 heavy (non-hydrogen) atoms. The topological polar surface area (TPSA) is 79.0 Å². The lowest BCUT2D eigenvalue weighted by Gasteiger charge is -2.28. The SMILES string of the molecule is O=C(Nc1cccc([C@H]2OC(=O)N(Cc3ccccc3)[C@H]2C(=O)N2CCCC2)c1)c1cccs1. The summed E-state index contributed by atoms with van der Waals surface area (Å²) in [7, 11) is 0. The highest BCUT2D eigenvalue weighted by atomic mass is 32.1. The van der Waals surface area contributed by atoms with Gasteiger partial charge in [0.1, 0.15) is 0 Å². The second-order valence-electron chi connectivity index (χ2n) is 8.45. The second-order valence-corrected chi connectivity index (χ2v) is 9.40. The molecular formula is C26H25N3O4S. The van der Waals surface area contributed by atoms with Crippen LogP contribution in [0.15, 0.2) is 72.1 Å². The van der Waals surface area contributed by atoms with Crippen LogP contribution < -0.4 is 5.32 Å². The van der Waals surface area contributed by atoms with E-state index in [0.29, 0.717) is 29.2 Å². The summed E-state index contributed by atoms with van der Waals surface area (Å²) in [4.78, 5) is 43.0. The largest absolute Gasteiger partial charge is 0.438 e. The minimum Gasteiger partial charge on any atom is -0.438 e. The highest BCUT2D eigenvalue weighted by Crippen LogP contribution is 2.36. The van der Waals surface area contributed by atoms with E-state index in [1.807, 2.05) is 52.7 Å². The lowest BCUT2D eigenvalue weighted by Crippen LogP contribution is -2.47. The van der Waals surface area contributed by atoms with Crippen molar-refractivity contribution in [2.45, 2.75) is 31.5 Å². The molecule has 0 spiro atoms. The molecule has 2 aliphatic heterocycles. The third kappa shape index (κ3) is 4.54. The van der Waals surface area contributed by atoms with Gasteiger partial charge in [-0.3, -0.25) is 14.5 Å². The molecule has 2 fully saturated rings. The van der Waals surface area contributed by atoms with Gasteiger partial charge >= 0.3 is 6.09 Å². The number of rotatable bonds is 6. The zero-order chi connectivity index (χ0) is 23.5. The van der Waals surface area contributed by atoms with Gasteiger partial charge < -0.3 is 15.0 Å². The van der Waals surface area contributed by atoms with E-state index < -0.39 is 18.2 Å². The molecule has 0 radical (unpaired) electrons. The van der Waals surface area contributed by atoms with Crippen LogP contribution in [-0.4, -0.2) is 46.8 Å². The van der Waals surface area contributed by atoms with Gasteiger partial charge in [-0.15, -0.1) is 11.3 Å². The summed E-state index contributed by atoms with van der Waals surface area (Å²) in [5.41, 5.74) is 2.18. The van der Waals surface area contributed by atoms with Crippen LogP contribution in [0.5, 0.6) is 0 Å². The van der Waals surface area contributed by atoms with Gasteiger partial charge in [0.05, 0.1) is 11.4 Å². The molecule has 3 heterocycles. The maximum absolute atomic E-state index is 13.6. The average Bonchev–Trinajstić information content (AvgIpc) is 3.62. The predicted octanol–water partition coefficient (Wildman–Crippen LogP) is 4.68. The summed E-state index contributed by atoms with van der Waals surface area (Å²) in [6.07, 6.45) is 0.643. The minimum absolute atomic E-state index is 0.0997. The van der Waals surface area contributed by atoms with Crippen LogP contribution in [0.25, 0.3) is 0 Å². The van der Waals surface area contributed by atoms with Crippen molar-refractivity contribution in [1.82, 2.24) is 9.80 Å². The summed E-state index contributed by atoms with van der Waals surface area (Å²) >= 11 is 1.36. The second kappa shape index (κ2) is 9.69. The van der Waals surface area contributed by atoms with Crippen molar-refractivity contribution in [2.75, 3.05) is 18.4 Å². The first-order valence-corrected chi connectivity index (χ1v) is 12.2. The van der Waals surface area contributed by atoms with E-state index in [9.17, 15) is 14.4 Å². The van der Waals surface area contributed by atoms with Crippen molar-refractivity contribution in [3.05, 3.63) is 88.1 Å². The van der Waals surface area contributed by atoms with Crippen molar-refractivity contribution < 1.29 is 19.1 Å². The standard InChI is InChI=1S/C26H25N3O4S/c30-24(21-12-7-15-34-21)27-20-11-6-10-19(16-20)23-22(25(31)28-13-4-5-14-28)29(26(32)33-23)17-18-8-2-1-3-9-18/h1-3,6-12,15-16,22-23H,4-5,13-14,17H2,(H,27,30)/t22-,23-/m1/s1. The molecule has 0 bridgehead atoms. The zero-order valence-corrected chi connectivity index (χ0v) is 19.4. The summed E-state index contributed by atoms with van der Waals surface area (Å²) in [5.74, 6) is -0.303. The smallest absolute Gasteiger partial charge is 0.411 e. The summed E-state index contributed by atoms with van der Waals surface area (Å²) < 4.78 is 5.79. The number of amides is 3. The molecule has 0 unspecified atom stereocenters. The monoisotopic (exact) mass is 475 g/mol. The molecule has 3 aromatic rings. The Kier molecular flexibility index (Phi) is 6.31. The van der Waals surface area contributed by atoms with Crippen LogP contribution in [0.3, 0.4) is 0 Å². The number of thiophene rings is 1. The first-order valence-electron chi connectivity index (χ1n) is 11.3. The molecule has 2 atom stereocenters. The van der Waals surface area contributed by atoms with E-state index >= 15 is 0 Å². The lowest BCUT2D eigenvalue weighted by atomic mass is 9.99. The molecule has 3 amide bonds. The third-order valence-electron chi connectivity index (χ3n) is 6.17. The summed E-state index contributed by atoms with van der Waals surface area (Å²) in [6.45, 7) is 1.66. The van der Waals surface area contributed by atoms with Crippen LogP contribution in [0, 0.1) is 0 Å². The first-order chi connectivity index (χ1) is 16.6. The number of ether oxygens (including phenoxy) is 1. The number of hydrogen-bond acceptors (Lipinski definition) is 5. The van der Waals surface area contributed by atoms with Gasteiger partial charge in [0.2, 0.25) is 5.91 Å². The van der Waals surface area contributed by atoms with Gasteiger partial charge in [-0.2, -0.15) is 0 Å². The van der Waals surface area contributed by atoms with E-state index in [-0.39, 0.29) is 18.4 Å². The molecule has 7 nitrogen and oxygen atoms in total. The van der Waals surface area contributed by atoms with E-state index in [2.05, 4.69) is 5.32 Å². The molecule has 8 heteroatoms. The Labute approximate surface area is 201 Å². The Hall–Kier alpha value is -3.65. The highest BCUT2D eigenvalue weighted by Gasteiger charge is 2.48. The average molecular weight is 476 g/mol. The molecule has 174 valence electrons. The number of anilines is 1. The Bertz CT molecular complexity index is 1180. The van der Waals surface area contributed by atoms with Crippen molar-refractivity contribution >= 4 is 34.9 Å². The fraction of sp³-hybridized carbons (Fsp3) is 0.269. The maximum Gasteiger partial charge on any atom is 0.411 e. The molecule has 5 rings (SSSR count). The first kappa shape index (κ1) is 22.2. The number of hydrogen-bond donors (Lipinski definition) is 1. The summed E-state index contributed by atoms with van der Waals surface area (Å²) in [5, 5.41) is 4.74. The van der Waals surface area contributed by atoms with Crippen LogP contribution in [-0.2, 0) is 16.1 Å². The van der Waals surface area contributed by atoms with E-state index in [4.69, 9.17) is 4.74 Å². The van der Waals surface area contributed by atoms with Crippen LogP contribution in [0.1, 0.15) is 39.7 Å². The molecule has 0 saturated carbocycles. The van der Waals surface area contributed by atoms with Crippen molar-refractivity contribution in [3.8, 4) is 0 Å². The number of nitrogens with one attached hydrogen (secondary N) is 1.